The number of nitro groups is 1. The number of aromatic nitrogens is 4. The van der Waals surface area contributed by atoms with Gasteiger partial charge in [0.05, 0.1) is 10.4 Å². The summed E-state index contributed by atoms with van der Waals surface area (Å²) in [6.45, 7) is 0. The molecule has 7 nitrogen and oxygen atoms in total. The summed E-state index contributed by atoms with van der Waals surface area (Å²) in [5.41, 5.74) is 3.10. The van der Waals surface area contributed by atoms with Crippen molar-refractivity contribution in [1.29, 1.82) is 0 Å². The van der Waals surface area contributed by atoms with Crippen molar-refractivity contribution >= 4 is 45.6 Å². The van der Waals surface area contributed by atoms with Gasteiger partial charge in [0, 0.05) is 33.9 Å². The van der Waals surface area contributed by atoms with Crippen LogP contribution < -0.4 is 0 Å². The van der Waals surface area contributed by atoms with Gasteiger partial charge in [-0.2, -0.15) is 4.52 Å². The molecule has 5 rings (SSSR count). The molecule has 0 N–H and O–H groups in total. The summed E-state index contributed by atoms with van der Waals surface area (Å²) in [5.74, 6) is 1.07. The third-order valence-corrected chi connectivity index (χ3v) is 5.96. The smallest absolute Gasteiger partial charge is 0.258 e. The lowest BCUT2D eigenvalue weighted by Crippen LogP contribution is -1.98. The van der Waals surface area contributed by atoms with Crippen molar-refractivity contribution in [1.82, 2.24) is 19.6 Å². The summed E-state index contributed by atoms with van der Waals surface area (Å²) in [4.78, 5) is 20.2. The second-order valence-electron chi connectivity index (χ2n) is 6.81. The SMILES string of the molecule is O=[N+]([O-])c1cccc(-c2nc3c4ccccc4nc(SCc4cccc(Cl)c4)n3n2)c1. The van der Waals surface area contributed by atoms with Gasteiger partial charge < -0.3 is 0 Å². The van der Waals surface area contributed by atoms with E-state index >= 15 is 0 Å². The number of thioether (sulfide) groups is 1. The summed E-state index contributed by atoms with van der Waals surface area (Å²) in [5, 5.41) is 18.0. The average Bonchev–Trinajstić information content (AvgIpc) is 3.24. The third kappa shape index (κ3) is 3.83. The molecular weight excluding hydrogens is 434 g/mol. The molecule has 9 heteroatoms. The van der Waals surface area contributed by atoms with Crippen LogP contribution in [0, 0.1) is 10.1 Å². The summed E-state index contributed by atoms with van der Waals surface area (Å²) < 4.78 is 1.70. The van der Waals surface area contributed by atoms with Gasteiger partial charge in [0.2, 0.25) is 0 Å². The molecule has 0 aliphatic heterocycles. The van der Waals surface area contributed by atoms with Gasteiger partial charge in [0.1, 0.15) is 0 Å². The Balaban J connectivity index is 1.63. The molecule has 0 saturated heterocycles. The first-order valence-electron chi connectivity index (χ1n) is 9.36. The number of hydrogen-bond acceptors (Lipinski definition) is 6. The predicted octanol–water partition coefficient (Wildman–Crippen LogP) is 5.80. The fourth-order valence-electron chi connectivity index (χ4n) is 3.28. The molecule has 31 heavy (non-hydrogen) atoms. The second kappa shape index (κ2) is 7.98. The lowest BCUT2D eigenvalue weighted by atomic mass is 10.2. The number of nitrogens with zero attached hydrogens (tertiary/aromatic N) is 5. The molecule has 2 aromatic heterocycles. The third-order valence-electron chi connectivity index (χ3n) is 4.72. The largest absolute Gasteiger partial charge is 0.270 e. The van der Waals surface area contributed by atoms with Crippen LogP contribution in [-0.2, 0) is 5.75 Å². The van der Waals surface area contributed by atoms with E-state index in [1.165, 1.54) is 23.9 Å². The van der Waals surface area contributed by atoms with E-state index < -0.39 is 4.92 Å². The van der Waals surface area contributed by atoms with Crippen LogP contribution in [0.25, 0.3) is 27.9 Å². The maximum Gasteiger partial charge on any atom is 0.270 e. The van der Waals surface area contributed by atoms with Crippen LogP contribution >= 0.6 is 23.4 Å². The van der Waals surface area contributed by atoms with E-state index in [9.17, 15) is 10.1 Å². The Kier molecular flexibility index (Phi) is 5.01. The maximum atomic E-state index is 11.2. The number of nitro benzene ring substituents is 1. The molecule has 2 heterocycles. The Morgan fingerprint density at radius 1 is 1.00 bits per heavy atom. The molecule has 0 aliphatic carbocycles. The first-order chi connectivity index (χ1) is 15.1. The Morgan fingerprint density at radius 2 is 1.84 bits per heavy atom. The summed E-state index contributed by atoms with van der Waals surface area (Å²) >= 11 is 7.63. The van der Waals surface area contributed by atoms with Crippen LogP contribution in [0.4, 0.5) is 5.69 Å². The zero-order valence-corrected chi connectivity index (χ0v) is 17.5. The lowest BCUT2D eigenvalue weighted by molar-refractivity contribution is -0.384. The highest BCUT2D eigenvalue weighted by Crippen LogP contribution is 2.29. The minimum atomic E-state index is -0.428. The zero-order chi connectivity index (χ0) is 21.4. The van der Waals surface area contributed by atoms with Crippen molar-refractivity contribution in [3.05, 3.63) is 93.5 Å². The first-order valence-corrected chi connectivity index (χ1v) is 10.7. The van der Waals surface area contributed by atoms with Crippen LogP contribution in [0.5, 0.6) is 0 Å². The lowest BCUT2D eigenvalue weighted by Gasteiger charge is -2.06. The van der Waals surface area contributed by atoms with Crippen molar-refractivity contribution in [2.75, 3.05) is 0 Å². The molecule has 0 spiro atoms. The van der Waals surface area contributed by atoms with Crippen LogP contribution in [-0.4, -0.2) is 24.5 Å². The molecule has 0 aliphatic rings. The summed E-state index contributed by atoms with van der Waals surface area (Å²) in [6.07, 6.45) is 0. The van der Waals surface area contributed by atoms with E-state index in [2.05, 4.69) is 5.10 Å². The maximum absolute atomic E-state index is 11.2. The van der Waals surface area contributed by atoms with Gasteiger partial charge in [0.15, 0.2) is 16.6 Å². The molecule has 0 unspecified atom stereocenters. The Labute approximate surface area is 185 Å². The number of hydrogen-bond donors (Lipinski definition) is 0. The van der Waals surface area contributed by atoms with Crippen molar-refractivity contribution in [2.24, 2.45) is 0 Å². The quantitative estimate of drug-likeness (QED) is 0.146. The molecular formula is C22H14ClN5O2S. The molecule has 0 amide bonds. The zero-order valence-electron chi connectivity index (χ0n) is 16.0. The number of rotatable bonds is 5. The average molecular weight is 448 g/mol. The van der Waals surface area contributed by atoms with Crippen LogP contribution in [0.2, 0.25) is 5.02 Å². The monoisotopic (exact) mass is 447 g/mol. The topological polar surface area (TPSA) is 86.2 Å². The molecule has 5 aromatic rings. The minimum absolute atomic E-state index is 0.00473. The molecule has 0 bridgehead atoms. The number of benzene rings is 3. The van der Waals surface area contributed by atoms with E-state index in [-0.39, 0.29) is 5.69 Å². The van der Waals surface area contributed by atoms with Gasteiger partial charge in [-0.15, -0.1) is 5.10 Å². The van der Waals surface area contributed by atoms with Gasteiger partial charge in [-0.3, -0.25) is 10.1 Å². The van der Waals surface area contributed by atoms with Gasteiger partial charge in [-0.25, -0.2) is 9.97 Å². The van der Waals surface area contributed by atoms with Crippen LogP contribution in [0.1, 0.15) is 5.56 Å². The molecule has 0 atom stereocenters. The van der Waals surface area contributed by atoms with E-state index in [0.29, 0.717) is 33.0 Å². The highest BCUT2D eigenvalue weighted by atomic mass is 35.5. The fraction of sp³-hybridized carbons (Fsp3) is 0.0455. The number of halogens is 1. The van der Waals surface area contributed by atoms with Gasteiger partial charge >= 0.3 is 0 Å². The Bertz CT molecular complexity index is 1450. The standard InChI is InChI=1S/C22H14ClN5O2S/c23-16-7-3-5-14(11-16)13-31-22-24-19-10-2-1-9-18(19)21-25-20(26-27(21)22)15-6-4-8-17(12-15)28(29)30/h1-12H,13H2. The van der Waals surface area contributed by atoms with Crippen LogP contribution in [0.15, 0.2) is 78.0 Å². The predicted molar refractivity (Wildman–Crippen MR) is 121 cm³/mol. The minimum Gasteiger partial charge on any atom is -0.258 e. The molecule has 0 saturated carbocycles. The van der Waals surface area contributed by atoms with Gasteiger partial charge in [0.25, 0.3) is 5.69 Å². The van der Waals surface area contributed by atoms with E-state index in [1.807, 2.05) is 48.5 Å². The molecule has 3 aromatic carbocycles. The van der Waals surface area contributed by atoms with Crippen molar-refractivity contribution < 1.29 is 4.92 Å². The van der Waals surface area contributed by atoms with Crippen molar-refractivity contribution in [3.8, 4) is 11.4 Å². The highest BCUT2D eigenvalue weighted by Gasteiger charge is 2.16. The first kappa shape index (κ1) is 19.5. The normalized spacial score (nSPS) is 11.3. The Hall–Kier alpha value is -3.49. The highest BCUT2D eigenvalue weighted by molar-refractivity contribution is 7.98. The van der Waals surface area contributed by atoms with Crippen molar-refractivity contribution in [3.63, 3.8) is 0 Å². The number of para-hydroxylation sites is 1. The summed E-state index contributed by atoms with van der Waals surface area (Å²) in [6, 6.07) is 21.7. The van der Waals surface area contributed by atoms with E-state index in [1.54, 1.807) is 16.6 Å². The van der Waals surface area contributed by atoms with Gasteiger partial charge in [-0.1, -0.05) is 59.8 Å². The second-order valence-corrected chi connectivity index (χ2v) is 8.19. The van der Waals surface area contributed by atoms with E-state index in [0.717, 1.165) is 16.5 Å². The van der Waals surface area contributed by atoms with Crippen molar-refractivity contribution in [2.45, 2.75) is 10.9 Å². The fourth-order valence-corrected chi connectivity index (χ4v) is 4.38. The number of non-ortho nitro benzene ring substituents is 1. The summed E-state index contributed by atoms with van der Waals surface area (Å²) in [7, 11) is 0. The molecule has 0 fully saturated rings. The Morgan fingerprint density at radius 3 is 2.68 bits per heavy atom. The van der Waals surface area contributed by atoms with Crippen LogP contribution in [0.3, 0.4) is 0 Å². The molecule has 152 valence electrons. The van der Waals surface area contributed by atoms with E-state index in [4.69, 9.17) is 21.6 Å². The van der Waals surface area contributed by atoms with Gasteiger partial charge in [-0.05, 0) is 29.8 Å². The number of fused-ring (bicyclic) bond motifs is 3. The molecule has 0 radical (unpaired) electrons.